The van der Waals surface area contributed by atoms with E-state index in [4.69, 9.17) is 16.3 Å². The molecule has 1 atom stereocenters. The number of rotatable bonds is 3. The summed E-state index contributed by atoms with van der Waals surface area (Å²) < 4.78 is 6.07. The van der Waals surface area contributed by atoms with Crippen molar-refractivity contribution in [3.05, 3.63) is 12.2 Å². The molecule has 0 N–H and O–H groups in total. The lowest BCUT2D eigenvalue weighted by atomic mass is 9.82. The van der Waals surface area contributed by atoms with E-state index in [9.17, 15) is 0 Å². The van der Waals surface area contributed by atoms with Gasteiger partial charge in [-0.15, -0.1) is 11.6 Å². The Kier molecular flexibility index (Phi) is 5.05. The fourth-order valence-electron chi connectivity index (χ4n) is 2.67. The van der Waals surface area contributed by atoms with Gasteiger partial charge in [-0.3, -0.25) is 0 Å². The maximum absolute atomic E-state index is 6.07. The molecule has 0 radical (unpaired) electrons. The lowest BCUT2D eigenvalue weighted by Crippen LogP contribution is -2.42. The average molecular weight is 261 g/mol. The van der Waals surface area contributed by atoms with Crippen molar-refractivity contribution in [1.29, 1.82) is 0 Å². The van der Waals surface area contributed by atoms with Crippen LogP contribution in [0.5, 0.6) is 0 Å². The molecule has 2 aliphatic rings. The Balaban J connectivity index is 1.87. The van der Waals surface area contributed by atoms with Crippen molar-refractivity contribution in [3.8, 4) is 0 Å². The fraction of sp³-hybridized carbons (Fsp3) is 0.846. The van der Waals surface area contributed by atoms with Crippen LogP contribution in [0.2, 0.25) is 0 Å². The molecule has 2 rings (SSSR count). The highest BCUT2D eigenvalue weighted by molar-refractivity contribution is 7.99. The second-order valence-corrected chi connectivity index (χ2v) is 6.41. The van der Waals surface area contributed by atoms with Crippen LogP contribution in [-0.4, -0.2) is 29.6 Å². The van der Waals surface area contributed by atoms with Crippen LogP contribution in [0, 0.1) is 5.92 Å². The minimum absolute atomic E-state index is 0.222. The summed E-state index contributed by atoms with van der Waals surface area (Å²) in [6.07, 6.45) is 10.5. The van der Waals surface area contributed by atoms with Crippen LogP contribution in [0.3, 0.4) is 0 Å². The molecule has 3 heteroatoms. The number of alkyl halides is 1. The van der Waals surface area contributed by atoms with E-state index in [0.29, 0.717) is 0 Å². The lowest BCUT2D eigenvalue weighted by molar-refractivity contribution is -0.0949. The summed E-state index contributed by atoms with van der Waals surface area (Å²) in [6, 6.07) is 0. The monoisotopic (exact) mass is 260 g/mol. The summed E-state index contributed by atoms with van der Waals surface area (Å²) in [5, 5.41) is 0. The second kappa shape index (κ2) is 6.32. The first-order valence-corrected chi connectivity index (χ1v) is 7.98. The van der Waals surface area contributed by atoms with Crippen LogP contribution in [0.15, 0.2) is 12.2 Å². The van der Waals surface area contributed by atoms with E-state index >= 15 is 0 Å². The zero-order valence-corrected chi connectivity index (χ0v) is 11.4. The maximum atomic E-state index is 6.07. The van der Waals surface area contributed by atoms with Gasteiger partial charge in [0.05, 0.1) is 5.60 Å². The number of allylic oxidation sites excluding steroid dienone is 2. The second-order valence-electron chi connectivity index (χ2n) is 4.80. The van der Waals surface area contributed by atoms with Gasteiger partial charge in [0.15, 0.2) is 0 Å². The summed E-state index contributed by atoms with van der Waals surface area (Å²) in [6.45, 7) is 0.945. The Labute approximate surface area is 108 Å². The van der Waals surface area contributed by atoms with Crippen molar-refractivity contribution >= 4 is 23.4 Å². The summed E-state index contributed by atoms with van der Waals surface area (Å²) >= 11 is 7.75. The highest BCUT2D eigenvalue weighted by atomic mass is 35.5. The van der Waals surface area contributed by atoms with Crippen LogP contribution in [0.4, 0.5) is 0 Å². The highest BCUT2D eigenvalue weighted by Crippen LogP contribution is 2.40. The van der Waals surface area contributed by atoms with Crippen molar-refractivity contribution in [2.75, 3.05) is 24.0 Å². The predicted molar refractivity (Wildman–Crippen MR) is 72.4 cm³/mol. The number of thioether (sulfide) groups is 1. The molecule has 2 aliphatic heterocycles. The van der Waals surface area contributed by atoms with Gasteiger partial charge in [-0.2, -0.15) is 11.8 Å². The fourth-order valence-corrected chi connectivity index (χ4v) is 4.04. The topological polar surface area (TPSA) is 9.23 Å². The van der Waals surface area contributed by atoms with E-state index in [2.05, 4.69) is 23.9 Å². The number of ether oxygens (including phenoxy) is 1. The standard InChI is InChI=1S/C13H21ClOS/c14-7-2-1-3-12-4-8-15-13(11-12)5-9-16-10-6-13/h1,3,12H,2,4-11H2. The van der Waals surface area contributed by atoms with E-state index in [1.165, 1.54) is 37.2 Å². The van der Waals surface area contributed by atoms with Crippen LogP contribution < -0.4 is 0 Å². The third-order valence-corrected chi connectivity index (χ3v) is 4.82. The molecule has 92 valence electrons. The molecule has 16 heavy (non-hydrogen) atoms. The number of hydrogen-bond acceptors (Lipinski definition) is 2. The number of hydrogen-bond donors (Lipinski definition) is 0. The summed E-state index contributed by atoms with van der Waals surface area (Å²) in [7, 11) is 0. The molecule has 0 aromatic rings. The van der Waals surface area contributed by atoms with E-state index in [1.54, 1.807) is 0 Å². The van der Waals surface area contributed by atoms with Crippen molar-refractivity contribution < 1.29 is 4.74 Å². The molecule has 0 aromatic heterocycles. The molecule has 2 heterocycles. The Morgan fingerprint density at radius 1 is 1.38 bits per heavy atom. The van der Waals surface area contributed by atoms with Gasteiger partial charge in [0, 0.05) is 12.5 Å². The van der Waals surface area contributed by atoms with Crippen molar-refractivity contribution in [2.45, 2.75) is 37.7 Å². The van der Waals surface area contributed by atoms with Gasteiger partial charge in [0.1, 0.15) is 0 Å². The SMILES string of the molecule is ClCCC=CC1CCOC2(CCSCC2)C1. The predicted octanol–water partition coefficient (Wildman–Crippen LogP) is 3.86. The minimum atomic E-state index is 0.222. The van der Waals surface area contributed by atoms with Gasteiger partial charge < -0.3 is 4.74 Å². The quantitative estimate of drug-likeness (QED) is 0.563. The molecule has 0 bridgehead atoms. The van der Waals surface area contributed by atoms with E-state index < -0.39 is 0 Å². The van der Waals surface area contributed by atoms with Crippen LogP contribution in [0.25, 0.3) is 0 Å². The zero-order valence-electron chi connectivity index (χ0n) is 9.79. The van der Waals surface area contributed by atoms with Gasteiger partial charge >= 0.3 is 0 Å². The third kappa shape index (κ3) is 3.41. The first-order valence-electron chi connectivity index (χ1n) is 6.29. The molecule has 2 saturated heterocycles. The normalized spacial score (nSPS) is 29.9. The van der Waals surface area contributed by atoms with Crippen molar-refractivity contribution in [3.63, 3.8) is 0 Å². The van der Waals surface area contributed by atoms with E-state index in [1.807, 2.05) is 0 Å². The largest absolute Gasteiger partial charge is 0.375 e. The van der Waals surface area contributed by atoms with Gasteiger partial charge in [0.25, 0.3) is 0 Å². The van der Waals surface area contributed by atoms with Gasteiger partial charge in [-0.1, -0.05) is 12.2 Å². The first-order chi connectivity index (χ1) is 7.85. The zero-order chi connectivity index (χ0) is 11.3. The van der Waals surface area contributed by atoms with Gasteiger partial charge in [-0.05, 0) is 49.5 Å². The molecular formula is C13H21ClOS. The van der Waals surface area contributed by atoms with Crippen LogP contribution >= 0.6 is 23.4 Å². The molecule has 0 aliphatic carbocycles. The first kappa shape index (κ1) is 12.8. The summed E-state index contributed by atoms with van der Waals surface area (Å²) in [5.41, 5.74) is 0.222. The third-order valence-electron chi connectivity index (χ3n) is 3.62. The van der Waals surface area contributed by atoms with E-state index in [-0.39, 0.29) is 5.60 Å². The molecule has 0 aromatic carbocycles. The minimum Gasteiger partial charge on any atom is -0.375 e. The summed E-state index contributed by atoms with van der Waals surface area (Å²) in [4.78, 5) is 0. The Bertz CT molecular complexity index is 231. The number of halogens is 1. The maximum Gasteiger partial charge on any atom is 0.0703 e. The van der Waals surface area contributed by atoms with Gasteiger partial charge in [0.2, 0.25) is 0 Å². The Morgan fingerprint density at radius 2 is 2.19 bits per heavy atom. The van der Waals surface area contributed by atoms with Crippen molar-refractivity contribution in [1.82, 2.24) is 0 Å². The highest BCUT2D eigenvalue weighted by Gasteiger charge is 2.37. The molecular weight excluding hydrogens is 240 g/mol. The molecule has 1 spiro atoms. The summed E-state index contributed by atoms with van der Waals surface area (Å²) in [5.74, 6) is 4.01. The lowest BCUT2D eigenvalue weighted by Gasteiger charge is -2.42. The Morgan fingerprint density at radius 3 is 2.94 bits per heavy atom. The molecule has 1 nitrogen and oxygen atoms in total. The molecule has 0 saturated carbocycles. The molecule has 1 unspecified atom stereocenters. The van der Waals surface area contributed by atoms with Crippen LogP contribution in [0.1, 0.15) is 32.1 Å². The van der Waals surface area contributed by atoms with Gasteiger partial charge in [-0.25, -0.2) is 0 Å². The molecule has 0 amide bonds. The smallest absolute Gasteiger partial charge is 0.0703 e. The Hall–Kier alpha value is 0.340. The van der Waals surface area contributed by atoms with Crippen molar-refractivity contribution in [2.24, 2.45) is 5.92 Å². The molecule has 2 fully saturated rings. The van der Waals surface area contributed by atoms with E-state index in [0.717, 1.165) is 24.8 Å². The van der Waals surface area contributed by atoms with Crippen LogP contribution in [-0.2, 0) is 4.74 Å². The average Bonchev–Trinajstić information content (AvgIpc) is 2.31.